The first-order valence-electron chi connectivity index (χ1n) is 5.70. The number of nitrogens with zero attached hydrogens (tertiary/aromatic N) is 1. The fraction of sp³-hybridized carbons (Fsp3) is 0.636. The van der Waals surface area contributed by atoms with Crippen molar-refractivity contribution in [1.82, 2.24) is 5.32 Å². The van der Waals surface area contributed by atoms with Gasteiger partial charge in [-0.05, 0) is 25.3 Å². The molecule has 0 radical (unpaired) electrons. The van der Waals surface area contributed by atoms with Gasteiger partial charge < -0.3 is 14.5 Å². The van der Waals surface area contributed by atoms with E-state index in [1.807, 2.05) is 0 Å². The average Bonchev–Trinajstić information content (AvgIpc) is 2.95. The fourth-order valence-electron chi connectivity index (χ4n) is 2.23. The van der Waals surface area contributed by atoms with Crippen LogP contribution in [0.25, 0.3) is 0 Å². The van der Waals surface area contributed by atoms with Crippen molar-refractivity contribution in [3.63, 3.8) is 0 Å². The van der Waals surface area contributed by atoms with E-state index < -0.39 is 4.92 Å². The molecule has 1 aliphatic rings. The predicted molar refractivity (Wildman–Crippen MR) is 60.6 cm³/mol. The summed E-state index contributed by atoms with van der Waals surface area (Å²) in [6.07, 6.45) is 3.52. The van der Waals surface area contributed by atoms with Gasteiger partial charge in [-0.15, -0.1) is 0 Å². The molecule has 0 amide bonds. The summed E-state index contributed by atoms with van der Waals surface area (Å²) in [7, 11) is 1.71. The van der Waals surface area contributed by atoms with Crippen molar-refractivity contribution in [3.8, 4) is 0 Å². The van der Waals surface area contributed by atoms with Gasteiger partial charge in [-0.2, -0.15) is 0 Å². The lowest BCUT2D eigenvalue weighted by atomic mass is 10.2. The van der Waals surface area contributed by atoms with Crippen LogP contribution in [0.1, 0.15) is 25.0 Å². The highest BCUT2D eigenvalue weighted by Crippen LogP contribution is 2.22. The van der Waals surface area contributed by atoms with Gasteiger partial charge >= 0.3 is 5.88 Å². The minimum atomic E-state index is -0.531. The highest BCUT2D eigenvalue weighted by Gasteiger charge is 2.26. The predicted octanol–water partition coefficient (Wildman–Crippen LogP) is 1.84. The van der Waals surface area contributed by atoms with Crippen molar-refractivity contribution >= 4 is 5.88 Å². The van der Waals surface area contributed by atoms with Crippen molar-refractivity contribution in [1.29, 1.82) is 0 Å². The van der Waals surface area contributed by atoms with E-state index in [9.17, 15) is 10.1 Å². The Labute approximate surface area is 99.1 Å². The zero-order valence-corrected chi connectivity index (χ0v) is 9.72. The molecule has 0 aliphatic heterocycles. The maximum Gasteiger partial charge on any atom is 0.433 e. The van der Waals surface area contributed by atoms with Crippen molar-refractivity contribution in [3.05, 3.63) is 28.0 Å². The van der Waals surface area contributed by atoms with Crippen LogP contribution in [0.5, 0.6) is 0 Å². The van der Waals surface area contributed by atoms with Crippen LogP contribution in [-0.2, 0) is 11.3 Å². The molecule has 1 aromatic heterocycles. The van der Waals surface area contributed by atoms with Crippen LogP contribution in [0.4, 0.5) is 5.88 Å². The summed E-state index contributed by atoms with van der Waals surface area (Å²) in [5.74, 6) is 0.370. The Morgan fingerprint density at radius 1 is 1.59 bits per heavy atom. The molecule has 1 fully saturated rings. The number of nitrogens with one attached hydrogen (secondary N) is 1. The van der Waals surface area contributed by atoms with Crippen molar-refractivity contribution < 1.29 is 14.1 Å². The van der Waals surface area contributed by atoms with Gasteiger partial charge in [0.25, 0.3) is 0 Å². The summed E-state index contributed by atoms with van der Waals surface area (Å²) in [6.45, 7) is 0.498. The molecule has 2 rings (SSSR count). The summed E-state index contributed by atoms with van der Waals surface area (Å²) in [4.78, 5) is 9.91. The van der Waals surface area contributed by atoms with Gasteiger partial charge in [-0.1, -0.05) is 0 Å². The minimum Gasteiger partial charge on any atom is -0.404 e. The second kappa shape index (κ2) is 5.29. The summed E-state index contributed by atoms with van der Waals surface area (Å²) in [6, 6.07) is 3.31. The van der Waals surface area contributed by atoms with Gasteiger partial charge in [0.2, 0.25) is 0 Å². The third-order valence-corrected chi connectivity index (χ3v) is 3.12. The van der Waals surface area contributed by atoms with Gasteiger partial charge in [0.1, 0.15) is 10.7 Å². The molecule has 1 saturated carbocycles. The lowest BCUT2D eigenvalue weighted by Gasteiger charge is -2.18. The molecule has 94 valence electrons. The van der Waals surface area contributed by atoms with Gasteiger partial charge in [0, 0.05) is 13.2 Å². The minimum absolute atomic E-state index is 0.212. The number of ether oxygens (including phenoxy) is 1. The Hall–Kier alpha value is -1.40. The van der Waals surface area contributed by atoms with Gasteiger partial charge in [0.15, 0.2) is 0 Å². The van der Waals surface area contributed by atoms with E-state index in [4.69, 9.17) is 9.15 Å². The normalized spacial score (nSPS) is 24.1. The Bertz CT molecular complexity index is 391. The van der Waals surface area contributed by atoms with Gasteiger partial charge in [-0.3, -0.25) is 10.1 Å². The zero-order valence-electron chi connectivity index (χ0n) is 9.72. The van der Waals surface area contributed by atoms with Crippen molar-refractivity contribution in [2.45, 2.75) is 38.0 Å². The number of nitro groups is 1. The Balaban J connectivity index is 1.86. The Kier molecular flexibility index (Phi) is 3.75. The lowest BCUT2D eigenvalue weighted by Crippen LogP contribution is -2.36. The van der Waals surface area contributed by atoms with Gasteiger partial charge in [0.05, 0.1) is 18.7 Å². The molecule has 2 atom stereocenters. The first kappa shape index (κ1) is 12.1. The van der Waals surface area contributed by atoms with Gasteiger partial charge in [-0.25, -0.2) is 0 Å². The summed E-state index contributed by atoms with van der Waals surface area (Å²) in [5, 5.41) is 13.8. The van der Waals surface area contributed by atoms with Crippen molar-refractivity contribution in [2.75, 3.05) is 7.11 Å². The van der Waals surface area contributed by atoms with Crippen LogP contribution in [0, 0.1) is 10.1 Å². The Morgan fingerprint density at radius 2 is 2.41 bits per heavy atom. The molecule has 1 aromatic rings. The number of furan rings is 1. The number of hydrogen-bond acceptors (Lipinski definition) is 5. The first-order chi connectivity index (χ1) is 8.20. The second-order valence-corrected chi connectivity index (χ2v) is 4.19. The largest absolute Gasteiger partial charge is 0.433 e. The molecule has 0 spiro atoms. The maximum atomic E-state index is 10.4. The van der Waals surface area contributed by atoms with E-state index in [0.29, 0.717) is 18.3 Å². The van der Waals surface area contributed by atoms with Crippen LogP contribution in [0.3, 0.4) is 0 Å². The van der Waals surface area contributed by atoms with Crippen LogP contribution in [-0.4, -0.2) is 24.2 Å². The standard InChI is InChI=1S/C11H16N2O4/c1-16-10-4-2-3-9(10)12-7-8-5-6-11(17-8)13(14)15/h5-6,9-10,12H,2-4,7H2,1H3. The van der Waals surface area contributed by atoms with E-state index in [1.54, 1.807) is 13.2 Å². The smallest absolute Gasteiger partial charge is 0.404 e. The van der Waals surface area contributed by atoms with Crippen LogP contribution < -0.4 is 5.32 Å². The third kappa shape index (κ3) is 2.83. The third-order valence-electron chi connectivity index (χ3n) is 3.12. The molecule has 2 unspecified atom stereocenters. The van der Waals surface area contributed by atoms with E-state index >= 15 is 0 Å². The maximum absolute atomic E-state index is 10.4. The molecule has 1 N–H and O–H groups in total. The first-order valence-corrected chi connectivity index (χ1v) is 5.70. The van der Waals surface area contributed by atoms with E-state index in [1.165, 1.54) is 6.07 Å². The van der Waals surface area contributed by atoms with Crippen molar-refractivity contribution in [2.24, 2.45) is 0 Å². The fourth-order valence-corrected chi connectivity index (χ4v) is 2.23. The molecular weight excluding hydrogens is 224 g/mol. The summed E-state index contributed by atoms with van der Waals surface area (Å²) in [5.41, 5.74) is 0. The van der Waals surface area contributed by atoms with Crippen LogP contribution in [0.2, 0.25) is 0 Å². The summed E-state index contributed by atoms with van der Waals surface area (Å²) >= 11 is 0. The molecule has 0 bridgehead atoms. The molecule has 6 nitrogen and oxygen atoms in total. The second-order valence-electron chi connectivity index (χ2n) is 4.19. The number of rotatable bonds is 5. The zero-order chi connectivity index (χ0) is 12.3. The molecule has 0 saturated heterocycles. The lowest BCUT2D eigenvalue weighted by molar-refractivity contribution is -0.402. The highest BCUT2D eigenvalue weighted by atomic mass is 16.6. The number of methoxy groups -OCH3 is 1. The van der Waals surface area contributed by atoms with Crippen LogP contribution >= 0.6 is 0 Å². The number of hydrogen-bond donors (Lipinski definition) is 1. The monoisotopic (exact) mass is 240 g/mol. The molecule has 17 heavy (non-hydrogen) atoms. The van der Waals surface area contributed by atoms with E-state index in [0.717, 1.165) is 19.3 Å². The summed E-state index contributed by atoms with van der Waals surface area (Å²) < 4.78 is 10.4. The Morgan fingerprint density at radius 3 is 3.06 bits per heavy atom. The molecule has 1 heterocycles. The van der Waals surface area contributed by atoms with E-state index in [-0.39, 0.29) is 12.0 Å². The molecule has 6 heteroatoms. The SMILES string of the molecule is COC1CCCC1NCc1ccc([N+](=O)[O-])o1. The molecule has 0 aromatic carbocycles. The quantitative estimate of drug-likeness (QED) is 0.627. The average molecular weight is 240 g/mol. The topological polar surface area (TPSA) is 77.5 Å². The highest BCUT2D eigenvalue weighted by molar-refractivity contribution is 5.17. The molecule has 1 aliphatic carbocycles. The van der Waals surface area contributed by atoms with E-state index in [2.05, 4.69) is 5.32 Å². The molecular formula is C11H16N2O4. The van der Waals surface area contributed by atoms with Crippen LogP contribution in [0.15, 0.2) is 16.5 Å².